The van der Waals surface area contributed by atoms with Gasteiger partial charge in [0.05, 0.1) is 18.8 Å². The number of furan rings is 1. The molecule has 0 saturated carbocycles. The fourth-order valence-corrected chi connectivity index (χ4v) is 2.82. The summed E-state index contributed by atoms with van der Waals surface area (Å²) in [6.45, 7) is 0. The van der Waals surface area contributed by atoms with Gasteiger partial charge in [0.1, 0.15) is 16.9 Å². The fourth-order valence-electron chi connectivity index (χ4n) is 2.82. The van der Waals surface area contributed by atoms with E-state index in [2.05, 4.69) is 0 Å². The predicted octanol–water partition coefficient (Wildman–Crippen LogP) is 4.29. The van der Waals surface area contributed by atoms with Crippen LogP contribution in [0.4, 0.5) is 0 Å². The number of para-hydroxylation sites is 1. The smallest absolute Gasteiger partial charge is 0.204 e. The van der Waals surface area contributed by atoms with Gasteiger partial charge in [-0.1, -0.05) is 12.1 Å². The van der Waals surface area contributed by atoms with Gasteiger partial charge in [-0.2, -0.15) is 0 Å². The first-order chi connectivity index (χ1) is 12.7. The summed E-state index contributed by atoms with van der Waals surface area (Å²) in [5.41, 5.74) is 0.319. The summed E-state index contributed by atoms with van der Waals surface area (Å²) >= 11 is 0. The van der Waals surface area contributed by atoms with Crippen LogP contribution in [0.1, 0.15) is 15.9 Å². The number of fused-ring (bicyclic) bond motifs is 1. The SMILES string of the molecule is COc1ccc(C(=O)c2c(-c3ccco3)oc3ccccc3c2=O)cc1. The average molecular weight is 346 g/mol. The summed E-state index contributed by atoms with van der Waals surface area (Å²) in [7, 11) is 1.55. The van der Waals surface area contributed by atoms with Gasteiger partial charge in [0, 0.05) is 5.56 Å². The molecule has 0 unspecified atom stereocenters. The van der Waals surface area contributed by atoms with Crippen molar-refractivity contribution in [1.82, 2.24) is 0 Å². The third-order valence-corrected chi connectivity index (χ3v) is 4.12. The highest BCUT2D eigenvalue weighted by atomic mass is 16.5. The van der Waals surface area contributed by atoms with Crippen LogP contribution in [0.5, 0.6) is 5.75 Å². The van der Waals surface area contributed by atoms with E-state index in [1.807, 2.05) is 0 Å². The van der Waals surface area contributed by atoms with Crippen molar-refractivity contribution in [2.24, 2.45) is 0 Å². The molecule has 0 atom stereocenters. The topological polar surface area (TPSA) is 69.7 Å². The van der Waals surface area contributed by atoms with E-state index in [1.54, 1.807) is 67.8 Å². The Morgan fingerprint density at radius 1 is 0.962 bits per heavy atom. The molecule has 0 radical (unpaired) electrons. The van der Waals surface area contributed by atoms with Gasteiger partial charge in [0.25, 0.3) is 0 Å². The molecular formula is C21H14O5. The lowest BCUT2D eigenvalue weighted by Gasteiger charge is -2.08. The highest BCUT2D eigenvalue weighted by Gasteiger charge is 2.24. The molecule has 0 spiro atoms. The first kappa shape index (κ1) is 15.9. The van der Waals surface area contributed by atoms with E-state index in [-0.39, 0.29) is 16.8 Å². The van der Waals surface area contributed by atoms with E-state index in [1.165, 1.54) is 6.26 Å². The summed E-state index contributed by atoms with van der Waals surface area (Å²) in [6.07, 6.45) is 1.46. The van der Waals surface area contributed by atoms with E-state index < -0.39 is 5.78 Å². The zero-order valence-electron chi connectivity index (χ0n) is 13.9. The van der Waals surface area contributed by atoms with Crippen LogP contribution in [-0.2, 0) is 0 Å². The third-order valence-electron chi connectivity index (χ3n) is 4.12. The van der Waals surface area contributed by atoms with Crippen LogP contribution in [0.15, 0.2) is 80.6 Å². The Bertz CT molecular complexity index is 1140. The maximum atomic E-state index is 13.1. The normalized spacial score (nSPS) is 10.8. The number of ketones is 1. The van der Waals surface area contributed by atoms with E-state index in [9.17, 15) is 9.59 Å². The molecule has 5 heteroatoms. The van der Waals surface area contributed by atoms with E-state index in [4.69, 9.17) is 13.6 Å². The first-order valence-electron chi connectivity index (χ1n) is 7.97. The number of hydrogen-bond acceptors (Lipinski definition) is 5. The number of benzene rings is 2. The number of carbonyl (C=O) groups excluding carboxylic acids is 1. The molecule has 26 heavy (non-hydrogen) atoms. The summed E-state index contributed by atoms with van der Waals surface area (Å²) in [5.74, 6) is 0.640. The molecule has 0 N–H and O–H groups in total. The maximum Gasteiger partial charge on any atom is 0.204 e. The van der Waals surface area contributed by atoms with E-state index in [0.717, 1.165) is 0 Å². The van der Waals surface area contributed by atoms with Crippen molar-refractivity contribution in [3.8, 4) is 17.3 Å². The number of methoxy groups -OCH3 is 1. The lowest BCUT2D eigenvalue weighted by Crippen LogP contribution is -2.17. The number of hydrogen-bond donors (Lipinski definition) is 0. The predicted molar refractivity (Wildman–Crippen MR) is 96.6 cm³/mol. The van der Waals surface area contributed by atoms with Crippen LogP contribution in [0.2, 0.25) is 0 Å². The van der Waals surface area contributed by atoms with Gasteiger partial charge in [0.15, 0.2) is 11.5 Å². The van der Waals surface area contributed by atoms with Crippen LogP contribution in [-0.4, -0.2) is 12.9 Å². The first-order valence-corrected chi connectivity index (χ1v) is 7.97. The molecule has 0 bridgehead atoms. The summed E-state index contributed by atoms with van der Waals surface area (Å²) in [6, 6.07) is 16.7. The van der Waals surface area contributed by atoms with Gasteiger partial charge in [0.2, 0.25) is 11.2 Å². The fraction of sp³-hybridized carbons (Fsp3) is 0.0476. The van der Waals surface area contributed by atoms with Crippen molar-refractivity contribution in [3.63, 3.8) is 0 Å². The minimum Gasteiger partial charge on any atom is -0.497 e. The Labute approximate surface area is 148 Å². The zero-order chi connectivity index (χ0) is 18.1. The van der Waals surface area contributed by atoms with Gasteiger partial charge >= 0.3 is 0 Å². The molecule has 4 rings (SSSR count). The Kier molecular flexibility index (Phi) is 3.89. The van der Waals surface area contributed by atoms with Crippen molar-refractivity contribution >= 4 is 16.8 Å². The molecule has 5 nitrogen and oxygen atoms in total. The van der Waals surface area contributed by atoms with Gasteiger partial charge in [-0.15, -0.1) is 0 Å². The molecule has 0 aliphatic carbocycles. The minimum atomic E-state index is -0.432. The third kappa shape index (κ3) is 2.59. The van der Waals surface area contributed by atoms with Crippen LogP contribution < -0.4 is 10.2 Å². The van der Waals surface area contributed by atoms with E-state index >= 15 is 0 Å². The molecular weight excluding hydrogens is 332 g/mol. The minimum absolute atomic E-state index is 0.0520. The largest absolute Gasteiger partial charge is 0.497 e. The summed E-state index contributed by atoms with van der Waals surface area (Å²) < 4.78 is 16.4. The molecule has 2 aromatic carbocycles. The van der Waals surface area contributed by atoms with Crippen molar-refractivity contribution in [1.29, 1.82) is 0 Å². The number of ether oxygens (including phenoxy) is 1. The average Bonchev–Trinajstić information content (AvgIpc) is 3.22. The van der Waals surface area contributed by atoms with Crippen molar-refractivity contribution in [2.45, 2.75) is 0 Å². The molecule has 0 aliphatic rings. The second-order valence-electron chi connectivity index (χ2n) is 5.67. The molecule has 4 aromatic rings. The van der Waals surface area contributed by atoms with Gasteiger partial charge in [-0.05, 0) is 48.5 Å². The molecule has 0 fully saturated rings. The quantitative estimate of drug-likeness (QED) is 0.516. The Morgan fingerprint density at radius 3 is 2.42 bits per heavy atom. The zero-order valence-corrected chi connectivity index (χ0v) is 13.9. The van der Waals surface area contributed by atoms with Crippen LogP contribution in [0.3, 0.4) is 0 Å². The summed E-state index contributed by atoms with van der Waals surface area (Å²) in [5, 5.41) is 0.347. The highest BCUT2D eigenvalue weighted by Crippen LogP contribution is 2.28. The molecule has 0 saturated heterocycles. The molecule has 2 heterocycles. The second kappa shape index (κ2) is 6.37. The van der Waals surface area contributed by atoms with Gasteiger partial charge in [-0.25, -0.2) is 0 Å². The molecule has 128 valence electrons. The molecule has 0 amide bonds. The molecule has 2 aromatic heterocycles. The monoisotopic (exact) mass is 346 g/mol. The summed E-state index contributed by atoms with van der Waals surface area (Å²) in [4.78, 5) is 26.1. The van der Waals surface area contributed by atoms with Crippen LogP contribution in [0.25, 0.3) is 22.5 Å². The van der Waals surface area contributed by atoms with Gasteiger partial charge < -0.3 is 13.6 Å². The Balaban J connectivity index is 1.97. The lowest BCUT2D eigenvalue weighted by molar-refractivity contribution is 0.103. The lowest BCUT2D eigenvalue weighted by atomic mass is 9.99. The van der Waals surface area contributed by atoms with E-state index in [0.29, 0.717) is 28.0 Å². The highest BCUT2D eigenvalue weighted by molar-refractivity contribution is 6.13. The Morgan fingerprint density at radius 2 is 1.73 bits per heavy atom. The number of rotatable bonds is 4. The van der Waals surface area contributed by atoms with Crippen LogP contribution in [0, 0.1) is 0 Å². The second-order valence-corrected chi connectivity index (χ2v) is 5.67. The van der Waals surface area contributed by atoms with Crippen molar-refractivity contribution in [3.05, 3.63) is 88.3 Å². The molecule has 0 aliphatic heterocycles. The van der Waals surface area contributed by atoms with Gasteiger partial charge in [-0.3, -0.25) is 9.59 Å². The Hall–Kier alpha value is -3.60. The maximum absolute atomic E-state index is 13.1. The van der Waals surface area contributed by atoms with Crippen LogP contribution >= 0.6 is 0 Å². The van der Waals surface area contributed by atoms with Crippen molar-refractivity contribution in [2.75, 3.05) is 7.11 Å². The standard InChI is InChI=1S/C21H14O5/c1-24-14-10-8-13(9-11-14)19(22)18-20(23)15-5-2-3-6-16(15)26-21(18)17-7-4-12-25-17/h2-12H,1H3. The number of carbonyl (C=O) groups is 1. The van der Waals surface area contributed by atoms with Crippen molar-refractivity contribution < 1.29 is 18.4 Å².